The molecule has 0 rings (SSSR count). The number of allylic oxidation sites excluding steroid dienone is 3. The van der Waals surface area contributed by atoms with Gasteiger partial charge in [-0.25, -0.2) is 0 Å². The summed E-state index contributed by atoms with van der Waals surface area (Å²) in [6, 6.07) is 0. The molecule has 0 nitrogen and oxygen atoms in total. The van der Waals surface area contributed by atoms with Crippen LogP contribution in [0, 0.1) is 12.3 Å². The van der Waals surface area contributed by atoms with Crippen molar-refractivity contribution in [1.29, 1.82) is 0 Å². The molecule has 0 radical (unpaired) electrons. The highest BCUT2D eigenvalue weighted by Crippen LogP contribution is 2.15. The van der Waals surface area contributed by atoms with Gasteiger partial charge < -0.3 is 0 Å². The van der Waals surface area contributed by atoms with E-state index >= 15 is 0 Å². The van der Waals surface area contributed by atoms with Gasteiger partial charge in [0.25, 0.3) is 0 Å². The van der Waals surface area contributed by atoms with Crippen molar-refractivity contribution in [3.63, 3.8) is 0 Å². The van der Waals surface area contributed by atoms with Crippen LogP contribution in [0.15, 0.2) is 23.8 Å². The lowest BCUT2D eigenvalue weighted by atomic mass is 10.0. The first-order valence-corrected chi connectivity index (χ1v) is 4.06. The van der Waals surface area contributed by atoms with Crippen molar-refractivity contribution in [2.75, 3.05) is 0 Å². The largest absolute Gasteiger partial charge is 0.120 e. The standard InChI is InChI=1S/C11H16/c1-5-9-11(8-4)10(6-2)7-3/h1,6H,2,7-9H2,3-4H3/b11-10+. The molecule has 0 aromatic heterocycles. The zero-order valence-electron chi connectivity index (χ0n) is 7.48. The maximum Gasteiger partial charge on any atom is 0.0302 e. The van der Waals surface area contributed by atoms with Crippen molar-refractivity contribution in [1.82, 2.24) is 0 Å². The summed E-state index contributed by atoms with van der Waals surface area (Å²) >= 11 is 0. The fraction of sp³-hybridized carbons (Fsp3) is 0.455. The molecule has 0 aliphatic heterocycles. The second-order valence-electron chi connectivity index (χ2n) is 2.42. The summed E-state index contributed by atoms with van der Waals surface area (Å²) in [6.07, 6.45) is 9.99. The van der Waals surface area contributed by atoms with Gasteiger partial charge in [-0.2, -0.15) is 0 Å². The fourth-order valence-electron chi connectivity index (χ4n) is 1.13. The van der Waals surface area contributed by atoms with Crippen LogP contribution in [0.4, 0.5) is 0 Å². The monoisotopic (exact) mass is 148 g/mol. The molecule has 0 heteroatoms. The normalized spacial score (nSPS) is 11.7. The van der Waals surface area contributed by atoms with E-state index in [1.165, 1.54) is 11.1 Å². The average Bonchev–Trinajstić information content (AvgIpc) is 2.05. The number of rotatable bonds is 4. The van der Waals surface area contributed by atoms with Gasteiger partial charge in [0.05, 0.1) is 0 Å². The molecule has 0 heterocycles. The zero-order chi connectivity index (χ0) is 8.69. The minimum atomic E-state index is 0.770. The van der Waals surface area contributed by atoms with Crippen LogP contribution in [0.3, 0.4) is 0 Å². The molecule has 0 N–H and O–H groups in total. The van der Waals surface area contributed by atoms with Crippen LogP contribution in [0.1, 0.15) is 33.1 Å². The second-order valence-corrected chi connectivity index (χ2v) is 2.42. The van der Waals surface area contributed by atoms with E-state index in [1.54, 1.807) is 0 Å². The molecule has 11 heavy (non-hydrogen) atoms. The Bertz CT molecular complexity index is 189. The van der Waals surface area contributed by atoms with E-state index < -0.39 is 0 Å². The highest BCUT2D eigenvalue weighted by atomic mass is 14.0. The van der Waals surface area contributed by atoms with Gasteiger partial charge in [0.1, 0.15) is 0 Å². The Balaban J connectivity index is 4.50. The van der Waals surface area contributed by atoms with E-state index in [0.29, 0.717) is 0 Å². The topological polar surface area (TPSA) is 0 Å². The molecule has 0 bridgehead atoms. The maximum atomic E-state index is 5.23. The third-order valence-corrected chi connectivity index (χ3v) is 1.82. The Hall–Kier alpha value is -0.960. The van der Waals surface area contributed by atoms with Gasteiger partial charge in [-0.05, 0) is 18.4 Å². The van der Waals surface area contributed by atoms with Gasteiger partial charge in [-0.15, -0.1) is 12.3 Å². The molecule has 60 valence electrons. The van der Waals surface area contributed by atoms with E-state index in [-0.39, 0.29) is 0 Å². The molecule has 0 saturated heterocycles. The fourth-order valence-corrected chi connectivity index (χ4v) is 1.13. The van der Waals surface area contributed by atoms with Crippen LogP contribution < -0.4 is 0 Å². The predicted molar refractivity (Wildman–Crippen MR) is 51.3 cm³/mol. The molecule has 0 atom stereocenters. The molecule has 0 aliphatic rings. The average molecular weight is 148 g/mol. The summed E-state index contributed by atoms with van der Waals surface area (Å²) in [5, 5.41) is 0. The Morgan fingerprint density at radius 1 is 1.45 bits per heavy atom. The van der Waals surface area contributed by atoms with E-state index in [0.717, 1.165) is 19.3 Å². The molecular formula is C11H16. The minimum Gasteiger partial charge on any atom is -0.120 e. The molecule has 0 saturated carbocycles. The van der Waals surface area contributed by atoms with Crippen LogP contribution in [0.5, 0.6) is 0 Å². The van der Waals surface area contributed by atoms with E-state index in [9.17, 15) is 0 Å². The van der Waals surface area contributed by atoms with Gasteiger partial charge in [-0.3, -0.25) is 0 Å². The van der Waals surface area contributed by atoms with E-state index in [4.69, 9.17) is 6.42 Å². The Kier molecular flexibility index (Phi) is 5.29. The lowest BCUT2D eigenvalue weighted by molar-refractivity contribution is 0.980. The molecule has 0 amide bonds. The molecule has 0 unspecified atom stereocenters. The van der Waals surface area contributed by atoms with Crippen molar-refractivity contribution in [3.8, 4) is 12.3 Å². The van der Waals surface area contributed by atoms with Crippen molar-refractivity contribution in [3.05, 3.63) is 23.8 Å². The van der Waals surface area contributed by atoms with Gasteiger partial charge >= 0.3 is 0 Å². The summed E-state index contributed by atoms with van der Waals surface area (Å²) < 4.78 is 0. The summed E-state index contributed by atoms with van der Waals surface area (Å²) in [5.41, 5.74) is 2.66. The van der Waals surface area contributed by atoms with Crippen LogP contribution >= 0.6 is 0 Å². The minimum absolute atomic E-state index is 0.770. The maximum absolute atomic E-state index is 5.23. The first-order chi connectivity index (χ1) is 5.29. The molecule has 0 aliphatic carbocycles. The summed E-state index contributed by atoms with van der Waals surface area (Å²) in [5.74, 6) is 2.66. The third-order valence-electron chi connectivity index (χ3n) is 1.82. The Morgan fingerprint density at radius 3 is 2.36 bits per heavy atom. The van der Waals surface area contributed by atoms with Crippen LogP contribution in [0.25, 0.3) is 0 Å². The second kappa shape index (κ2) is 5.80. The Labute approximate surface area is 70.0 Å². The number of hydrogen-bond donors (Lipinski definition) is 0. The van der Waals surface area contributed by atoms with E-state index in [2.05, 4.69) is 26.3 Å². The van der Waals surface area contributed by atoms with Crippen molar-refractivity contribution >= 4 is 0 Å². The van der Waals surface area contributed by atoms with Gasteiger partial charge in [0.2, 0.25) is 0 Å². The molecule has 0 fully saturated rings. The molecular weight excluding hydrogens is 132 g/mol. The van der Waals surface area contributed by atoms with Crippen LogP contribution in [-0.2, 0) is 0 Å². The number of hydrogen-bond acceptors (Lipinski definition) is 0. The summed E-state index contributed by atoms with van der Waals surface area (Å²) in [4.78, 5) is 0. The van der Waals surface area contributed by atoms with E-state index in [1.807, 2.05) is 6.08 Å². The van der Waals surface area contributed by atoms with Gasteiger partial charge in [0.15, 0.2) is 0 Å². The van der Waals surface area contributed by atoms with Crippen molar-refractivity contribution in [2.45, 2.75) is 33.1 Å². The smallest absolute Gasteiger partial charge is 0.0302 e. The Morgan fingerprint density at radius 2 is 2.09 bits per heavy atom. The molecule has 0 aromatic rings. The van der Waals surface area contributed by atoms with Gasteiger partial charge in [0, 0.05) is 6.42 Å². The summed E-state index contributed by atoms with van der Waals surface area (Å²) in [6.45, 7) is 8.02. The highest BCUT2D eigenvalue weighted by Gasteiger charge is 1.97. The first-order valence-electron chi connectivity index (χ1n) is 4.06. The van der Waals surface area contributed by atoms with Crippen molar-refractivity contribution in [2.24, 2.45) is 0 Å². The van der Waals surface area contributed by atoms with Crippen molar-refractivity contribution < 1.29 is 0 Å². The number of terminal acetylenes is 1. The quantitative estimate of drug-likeness (QED) is 0.424. The SMILES string of the molecule is C#CC/C(CC)=C(\C=C)CC. The third kappa shape index (κ3) is 3.09. The zero-order valence-corrected chi connectivity index (χ0v) is 7.48. The van der Waals surface area contributed by atoms with Gasteiger partial charge in [-0.1, -0.05) is 32.1 Å². The molecule has 0 spiro atoms. The van der Waals surface area contributed by atoms with Crippen LogP contribution in [0.2, 0.25) is 0 Å². The molecule has 0 aromatic carbocycles. The lowest BCUT2D eigenvalue weighted by Crippen LogP contribution is -1.86. The van der Waals surface area contributed by atoms with Crippen LogP contribution in [-0.4, -0.2) is 0 Å². The summed E-state index contributed by atoms with van der Waals surface area (Å²) in [7, 11) is 0. The predicted octanol–water partition coefficient (Wildman–Crippen LogP) is 3.31. The lowest BCUT2D eigenvalue weighted by Gasteiger charge is -2.04. The highest BCUT2D eigenvalue weighted by molar-refractivity contribution is 5.26. The first kappa shape index (κ1) is 10.0.